The van der Waals surface area contributed by atoms with Crippen molar-refractivity contribution in [3.63, 3.8) is 0 Å². The second-order valence-corrected chi connectivity index (χ2v) is 6.45. The summed E-state index contributed by atoms with van der Waals surface area (Å²) in [5.74, 6) is -1.24. The van der Waals surface area contributed by atoms with Gasteiger partial charge in [-0.2, -0.15) is 18.2 Å². The normalized spacial score (nSPS) is 24.2. The highest BCUT2D eigenvalue weighted by molar-refractivity contribution is 8.16. The summed E-state index contributed by atoms with van der Waals surface area (Å²) in [7, 11) is 0. The average Bonchev–Trinajstić information content (AvgIpc) is 2.95. The number of alkyl halides is 3. The molecule has 7 heteroatoms. The molecule has 1 heterocycles. The fourth-order valence-electron chi connectivity index (χ4n) is 2.18. The van der Waals surface area contributed by atoms with E-state index in [1.54, 1.807) is 11.1 Å². The zero-order valence-electron chi connectivity index (χ0n) is 11.4. The lowest BCUT2D eigenvalue weighted by atomic mass is 10.1. The van der Waals surface area contributed by atoms with Crippen LogP contribution in [0.3, 0.4) is 0 Å². The number of halogens is 3. The Labute approximate surface area is 124 Å². The molecule has 1 atom stereocenters. The van der Waals surface area contributed by atoms with E-state index in [1.165, 1.54) is 19.3 Å². The maximum atomic E-state index is 12.2. The highest BCUT2D eigenvalue weighted by Crippen LogP contribution is 2.45. The first kappa shape index (κ1) is 15.9. The van der Waals surface area contributed by atoms with Crippen LogP contribution in [0.2, 0.25) is 0 Å². The number of nitrogens with zero attached hydrogens (tertiary/aromatic N) is 1. The van der Waals surface area contributed by atoms with Crippen molar-refractivity contribution in [2.45, 2.75) is 37.1 Å². The van der Waals surface area contributed by atoms with Crippen LogP contribution in [0.25, 0.3) is 0 Å². The molecule has 0 radical (unpaired) electrons. The number of fused-ring (bicyclic) bond motifs is 1. The predicted octanol–water partition coefficient (Wildman–Crippen LogP) is 3.07. The molecule has 3 nitrogen and oxygen atoms in total. The van der Waals surface area contributed by atoms with Gasteiger partial charge in [0.15, 0.2) is 9.91 Å². The molecular formula is C14H15F3N2OS. The molecule has 3 rings (SSSR count). The van der Waals surface area contributed by atoms with Gasteiger partial charge in [0.05, 0.1) is 0 Å². The van der Waals surface area contributed by atoms with Gasteiger partial charge < -0.3 is 5.73 Å². The third-order valence-electron chi connectivity index (χ3n) is 3.48. The van der Waals surface area contributed by atoms with Gasteiger partial charge in [0.1, 0.15) is 0 Å². The van der Waals surface area contributed by atoms with Crippen molar-refractivity contribution in [2.24, 2.45) is 10.7 Å². The molecule has 0 aromatic heterocycles. The summed E-state index contributed by atoms with van der Waals surface area (Å²) in [6.07, 6.45) is -0.648. The molecular weight excluding hydrogens is 301 g/mol. The van der Waals surface area contributed by atoms with Crippen molar-refractivity contribution in [1.29, 1.82) is 0 Å². The summed E-state index contributed by atoms with van der Waals surface area (Å²) < 4.78 is 34.1. The molecule has 0 saturated heterocycles. The highest BCUT2D eigenvalue weighted by Gasteiger charge is 2.60. The van der Waals surface area contributed by atoms with Gasteiger partial charge >= 0.3 is 6.18 Å². The van der Waals surface area contributed by atoms with Crippen LogP contribution in [0, 0.1) is 0 Å². The minimum atomic E-state index is -4.61. The van der Waals surface area contributed by atoms with Crippen LogP contribution in [0.1, 0.15) is 24.5 Å². The summed E-state index contributed by atoms with van der Waals surface area (Å²) in [4.78, 5) is 13.8. The first-order valence-corrected chi connectivity index (χ1v) is 7.27. The number of hydrogen-bond donors (Lipinski definition) is 1. The van der Waals surface area contributed by atoms with E-state index in [1.807, 2.05) is 0 Å². The molecule has 0 fully saturated rings. The van der Waals surface area contributed by atoms with Crippen LogP contribution in [-0.4, -0.2) is 22.0 Å². The van der Waals surface area contributed by atoms with Crippen molar-refractivity contribution in [3.8, 4) is 0 Å². The van der Waals surface area contributed by atoms with Crippen LogP contribution >= 0.6 is 11.8 Å². The van der Waals surface area contributed by atoms with Crippen LogP contribution in [0.5, 0.6) is 0 Å². The summed E-state index contributed by atoms with van der Waals surface area (Å²) >= 11 is 0.236. The van der Waals surface area contributed by atoms with Gasteiger partial charge in [-0.15, -0.1) is 0 Å². The Kier molecular flexibility index (Phi) is 4.32. The maximum Gasteiger partial charge on any atom is 0.412 e. The van der Waals surface area contributed by atoms with Gasteiger partial charge in [0.2, 0.25) is 0 Å². The topological polar surface area (TPSA) is 55.4 Å². The SMILES string of the molecule is CC1(C(F)(F)F)SC(N)=NC1=O.c1ccc2c(c1)CCC2. The van der Waals surface area contributed by atoms with Crippen LogP contribution in [-0.2, 0) is 17.6 Å². The van der Waals surface area contributed by atoms with Crippen LogP contribution in [0.15, 0.2) is 29.3 Å². The van der Waals surface area contributed by atoms with E-state index in [4.69, 9.17) is 5.73 Å². The van der Waals surface area contributed by atoms with Crippen LogP contribution < -0.4 is 5.73 Å². The quantitative estimate of drug-likeness (QED) is 0.800. The molecule has 21 heavy (non-hydrogen) atoms. The molecule has 2 N–H and O–H groups in total. The third kappa shape index (κ3) is 3.23. The molecule has 0 saturated carbocycles. The molecule has 1 aromatic carbocycles. The Morgan fingerprint density at radius 1 is 1.24 bits per heavy atom. The standard InChI is InChI=1S/C9H10.C5H5F3N2OS/c1-2-5-9-7-3-6-8(9)4-1;1-4(5(6,7)8)2(11)10-3(9)12-4/h1-2,4-5H,3,6-7H2;1H3,(H2,9,10,11). The molecule has 1 aliphatic heterocycles. The fraction of sp³-hybridized carbons (Fsp3) is 0.429. The second-order valence-electron chi connectivity index (χ2n) is 5.01. The minimum absolute atomic E-state index is 0.236. The first-order chi connectivity index (χ1) is 9.74. The summed E-state index contributed by atoms with van der Waals surface area (Å²) in [5, 5.41) is -0.333. The lowest BCUT2D eigenvalue weighted by Gasteiger charge is -2.22. The lowest BCUT2D eigenvalue weighted by molar-refractivity contribution is -0.165. The van der Waals surface area contributed by atoms with Crippen molar-refractivity contribution >= 4 is 22.8 Å². The van der Waals surface area contributed by atoms with E-state index in [0.29, 0.717) is 0 Å². The molecule has 1 amide bonds. The van der Waals surface area contributed by atoms with Crippen LogP contribution in [0.4, 0.5) is 13.2 Å². The van der Waals surface area contributed by atoms with Gasteiger partial charge in [0, 0.05) is 0 Å². The number of rotatable bonds is 0. The van der Waals surface area contributed by atoms with Crippen molar-refractivity contribution in [3.05, 3.63) is 35.4 Å². The molecule has 0 spiro atoms. The third-order valence-corrected chi connectivity index (χ3v) is 4.59. The molecule has 1 unspecified atom stereocenters. The zero-order chi connectivity index (χ0) is 15.7. The van der Waals surface area contributed by atoms with Crippen molar-refractivity contribution < 1.29 is 18.0 Å². The van der Waals surface area contributed by atoms with E-state index in [9.17, 15) is 18.0 Å². The Balaban J connectivity index is 0.000000159. The maximum absolute atomic E-state index is 12.2. The predicted molar refractivity (Wildman–Crippen MR) is 77.1 cm³/mol. The molecule has 2 aliphatic rings. The zero-order valence-corrected chi connectivity index (χ0v) is 12.2. The van der Waals surface area contributed by atoms with E-state index in [2.05, 4.69) is 29.3 Å². The Bertz CT molecular complexity index is 563. The fourth-order valence-corrected chi connectivity index (χ4v) is 2.97. The second kappa shape index (κ2) is 5.71. The largest absolute Gasteiger partial charge is 0.412 e. The number of nitrogens with two attached hydrogens (primary N) is 1. The van der Waals surface area contributed by atoms with E-state index >= 15 is 0 Å². The van der Waals surface area contributed by atoms with Gasteiger partial charge in [-0.05, 0) is 37.3 Å². The smallest absolute Gasteiger partial charge is 0.378 e. The number of aliphatic imine (C=N–C) groups is 1. The summed E-state index contributed by atoms with van der Waals surface area (Å²) in [6, 6.07) is 8.74. The van der Waals surface area contributed by atoms with E-state index in [0.717, 1.165) is 6.92 Å². The number of carbonyl (C=O) groups excluding carboxylic acids is 1. The number of carbonyl (C=O) groups is 1. The molecule has 0 bridgehead atoms. The lowest BCUT2D eigenvalue weighted by Crippen LogP contribution is -2.43. The van der Waals surface area contributed by atoms with Gasteiger partial charge in [-0.3, -0.25) is 4.79 Å². The number of amidine groups is 1. The molecule has 1 aromatic rings. The number of aryl methyl sites for hydroxylation is 2. The Hall–Kier alpha value is -1.50. The van der Waals surface area contributed by atoms with Gasteiger partial charge in [-0.25, -0.2) is 0 Å². The summed E-state index contributed by atoms with van der Waals surface area (Å²) in [5.41, 5.74) is 8.12. The van der Waals surface area contributed by atoms with E-state index < -0.39 is 16.8 Å². The Morgan fingerprint density at radius 3 is 2.10 bits per heavy atom. The Morgan fingerprint density at radius 2 is 1.76 bits per heavy atom. The molecule has 1 aliphatic carbocycles. The number of thioether (sulfide) groups is 1. The average molecular weight is 316 g/mol. The minimum Gasteiger partial charge on any atom is -0.378 e. The van der Waals surface area contributed by atoms with Crippen molar-refractivity contribution in [2.75, 3.05) is 0 Å². The van der Waals surface area contributed by atoms with Gasteiger partial charge in [-0.1, -0.05) is 36.0 Å². The van der Waals surface area contributed by atoms with E-state index in [-0.39, 0.29) is 16.9 Å². The summed E-state index contributed by atoms with van der Waals surface area (Å²) in [6.45, 7) is 0.767. The highest BCUT2D eigenvalue weighted by atomic mass is 32.2. The number of benzene rings is 1. The molecule has 114 valence electrons. The monoisotopic (exact) mass is 316 g/mol. The number of amides is 1. The number of hydrogen-bond acceptors (Lipinski definition) is 3. The first-order valence-electron chi connectivity index (χ1n) is 6.45. The van der Waals surface area contributed by atoms with Gasteiger partial charge in [0.25, 0.3) is 5.91 Å². The van der Waals surface area contributed by atoms with Crippen molar-refractivity contribution in [1.82, 2.24) is 0 Å².